The summed E-state index contributed by atoms with van der Waals surface area (Å²) >= 11 is 0. The van der Waals surface area contributed by atoms with Crippen LogP contribution >= 0.6 is 0 Å². The van der Waals surface area contributed by atoms with E-state index in [4.69, 9.17) is 4.74 Å². The van der Waals surface area contributed by atoms with Crippen molar-refractivity contribution in [2.24, 2.45) is 7.05 Å². The molecule has 1 aromatic carbocycles. The van der Waals surface area contributed by atoms with Gasteiger partial charge in [-0.05, 0) is 26.8 Å². The van der Waals surface area contributed by atoms with Crippen LogP contribution in [0.2, 0.25) is 0 Å². The van der Waals surface area contributed by atoms with E-state index in [-0.39, 0.29) is 6.04 Å². The lowest BCUT2D eigenvalue weighted by atomic mass is 10.0. The van der Waals surface area contributed by atoms with Gasteiger partial charge in [0.1, 0.15) is 5.75 Å². The van der Waals surface area contributed by atoms with Gasteiger partial charge in [0.05, 0.1) is 24.5 Å². The monoisotopic (exact) mass is 259 g/mol. The topological polar surface area (TPSA) is 39.1 Å². The number of benzene rings is 1. The van der Waals surface area contributed by atoms with E-state index in [2.05, 4.69) is 36.4 Å². The summed E-state index contributed by atoms with van der Waals surface area (Å²) in [6.45, 7) is 6.22. The number of methoxy groups -OCH3 is 1. The summed E-state index contributed by atoms with van der Waals surface area (Å²) in [5.74, 6) is 0.909. The molecule has 4 nitrogen and oxygen atoms in total. The van der Waals surface area contributed by atoms with Crippen molar-refractivity contribution >= 4 is 5.69 Å². The number of hydrogen-bond donors (Lipinski definition) is 1. The fraction of sp³-hybridized carbons (Fsp3) is 0.400. The maximum absolute atomic E-state index is 5.43. The van der Waals surface area contributed by atoms with E-state index < -0.39 is 0 Å². The highest BCUT2D eigenvalue weighted by molar-refractivity contribution is 5.50. The molecule has 1 N–H and O–H groups in total. The van der Waals surface area contributed by atoms with Crippen LogP contribution in [0.5, 0.6) is 5.75 Å². The Morgan fingerprint density at radius 1 is 1.32 bits per heavy atom. The van der Waals surface area contributed by atoms with Crippen LogP contribution in [0, 0.1) is 13.8 Å². The molecule has 0 amide bonds. The maximum atomic E-state index is 5.43. The van der Waals surface area contributed by atoms with Crippen molar-refractivity contribution in [2.45, 2.75) is 26.8 Å². The molecule has 4 heteroatoms. The van der Waals surface area contributed by atoms with Gasteiger partial charge in [0, 0.05) is 18.8 Å². The van der Waals surface area contributed by atoms with Crippen molar-refractivity contribution in [1.82, 2.24) is 9.78 Å². The molecule has 1 unspecified atom stereocenters. The van der Waals surface area contributed by atoms with Crippen LogP contribution in [0.15, 0.2) is 24.4 Å². The minimum absolute atomic E-state index is 0.165. The summed E-state index contributed by atoms with van der Waals surface area (Å²) in [7, 11) is 3.63. The molecule has 2 rings (SSSR count). The van der Waals surface area contributed by atoms with Crippen LogP contribution < -0.4 is 10.1 Å². The largest absolute Gasteiger partial charge is 0.496 e. The van der Waals surface area contributed by atoms with Gasteiger partial charge in [-0.15, -0.1) is 0 Å². The summed E-state index contributed by atoms with van der Waals surface area (Å²) in [6, 6.07) is 6.39. The Kier molecular flexibility index (Phi) is 3.79. The summed E-state index contributed by atoms with van der Waals surface area (Å²) in [6.07, 6.45) is 1.99. The number of nitrogens with one attached hydrogen (secondary N) is 1. The standard InChI is InChI=1S/C15H21N3O/c1-10-6-7-15(19-5)13(8-10)11(2)16-14-9-18(4)17-12(14)3/h6-9,11,16H,1-5H3. The van der Waals surface area contributed by atoms with Crippen molar-refractivity contribution in [1.29, 1.82) is 0 Å². The Bertz CT molecular complexity index is 575. The Labute approximate surface area is 114 Å². The minimum atomic E-state index is 0.165. The molecule has 0 aliphatic rings. The SMILES string of the molecule is COc1ccc(C)cc1C(C)Nc1cn(C)nc1C. The van der Waals surface area contributed by atoms with Gasteiger partial charge in [-0.25, -0.2) is 0 Å². The number of aryl methyl sites for hydroxylation is 3. The van der Waals surface area contributed by atoms with E-state index in [0.717, 1.165) is 22.7 Å². The quantitative estimate of drug-likeness (QED) is 0.916. The third-order valence-electron chi connectivity index (χ3n) is 3.24. The van der Waals surface area contributed by atoms with E-state index in [1.54, 1.807) is 7.11 Å². The lowest BCUT2D eigenvalue weighted by Crippen LogP contribution is -2.08. The van der Waals surface area contributed by atoms with E-state index in [9.17, 15) is 0 Å². The van der Waals surface area contributed by atoms with Crippen molar-refractivity contribution in [3.63, 3.8) is 0 Å². The normalized spacial score (nSPS) is 12.3. The smallest absolute Gasteiger partial charge is 0.124 e. The third-order valence-corrected chi connectivity index (χ3v) is 3.24. The highest BCUT2D eigenvalue weighted by Gasteiger charge is 2.13. The van der Waals surface area contributed by atoms with Crippen molar-refractivity contribution in [3.8, 4) is 5.75 Å². The average molecular weight is 259 g/mol. The number of aromatic nitrogens is 2. The fourth-order valence-corrected chi connectivity index (χ4v) is 2.24. The predicted molar refractivity (Wildman–Crippen MR) is 77.7 cm³/mol. The van der Waals surface area contributed by atoms with E-state index in [1.807, 2.05) is 30.9 Å². The zero-order valence-electron chi connectivity index (χ0n) is 12.2. The number of ether oxygens (including phenoxy) is 1. The lowest BCUT2D eigenvalue weighted by Gasteiger charge is -2.18. The van der Waals surface area contributed by atoms with Crippen LogP contribution in [-0.2, 0) is 7.05 Å². The first kappa shape index (κ1) is 13.5. The zero-order chi connectivity index (χ0) is 14.0. The molecular formula is C15H21N3O. The first-order valence-corrected chi connectivity index (χ1v) is 6.42. The van der Waals surface area contributed by atoms with Gasteiger partial charge in [-0.1, -0.05) is 17.7 Å². The second-order valence-electron chi connectivity index (χ2n) is 4.91. The van der Waals surface area contributed by atoms with Crippen LogP contribution in [0.1, 0.15) is 29.8 Å². The Balaban J connectivity index is 2.26. The number of rotatable bonds is 4. The second-order valence-corrected chi connectivity index (χ2v) is 4.91. The first-order valence-electron chi connectivity index (χ1n) is 6.42. The van der Waals surface area contributed by atoms with Crippen molar-refractivity contribution in [3.05, 3.63) is 41.2 Å². The number of hydrogen-bond acceptors (Lipinski definition) is 3. The van der Waals surface area contributed by atoms with E-state index >= 15 is 0 Å². The van der Waals surface area contributed by atoms with Crippen LogP contribution in [0.4, 0.5) is 5.69 Å². The summed E-state index contributed by atoms with van der Waals surface area (Å²) in [5.41, 5.74) is 4.44. The number of nitrogens with zero attached hydrogens (tertiary/aromatic N) is 2. The van der Waals surface area contributed by atoms with Gasteiger partial charge in [0.2, 0.25) is 0 Å². The van der Waals surface area contributed by atoms with Gasteiger partial charge in [-0.2, -0.15) is 5.10 Å². The predicted octanol–water partition coefficient (Wildman–Crippen LogP) is 3.22. The van der Waals surface area contributed by atoms with Crippen LogP contribution in [-0.4, -0.2) is 16.9 Å². The molecule has 2 aromatic rings. The molecule has 0 fully saturated rings. The molecule has 0 bridgehead atoms. The Morgan fingerprint density at radius 3 is 2.63 bits per heavy atom. The zero-order valence-corrected chi connectivity index (χ0v) is 12.2. The van der Waals surface area contributed by atoms with Crippen LogP contribution in [0.3, 0.4) is 0 Å². The van der Waals surface area contributed by atoms with E-state index in [0.29, 0.717) is 0 Å². The fourth-order valence-electron chi connectivity index (χ4n) is 2.24. The molecule has 0 aliphatic heterocycles. The lowest BCUT2D eigenvalue weighted by molar-refractivity contribution is 0.408. The van der Waals surface area contributed by atoms with Gasteiger partial charge in [-0.3, -0.25) is 4.68 Å². The maximum Gasteiger partial charge on any atom is 0.124 e. The molecular weight excluding hydrogens is 238 g/mol. The second kappa shape index (κ2) is 5.34. The molecule has 1 heterocycles. The molecule has 0 radical (unpaired) electrons. The van der Waals surface area contributed by atoms with E-state index in [1.165, 1.54) is 5.56 Å². The Morgan fingerprint density at radius 2 is 2.05 bits per heavy atom. The van der Waals surface area contributed by atoms with Gasteiger partial charge >= 0.3 is 0 Å². The Hall–Kier alpha value is -1.97. The molecule has 1 aromatic heterocycles. The summed E-state index contributed by atoms with van der Waals surface area (Å²) in [4.78, 5) is 0. The molecule has 19 heavy (non-hydrogen) atoms. The van der Waals surface area contributed by atoms with Crippen molar-refractivity contribution in [2.75, 3.05) is 12.4 Å². The molecule has 0 saturated heterocycles. The summed E-state index contributed by atoms with van der Waals surface area (Å²) in [5, 5.41) is 7.83. The highest BCUT2D eigenvalue weighted by Crippen LogP contribution is 2.29. The average Bonchev–Trinajstić information content (AvgIpc) is 2.67. The molecule has 0 spiro atoms. The van der Waals surface area contributed by atoms with Crippen molar-refractivity contribution < 1.29 is 4.74 Å². The first-order chi connectivity index (χ1) is 9.01. The van der Waals surface area contributed by atoms with Crippen LogP contribution in [0.25, 0.3) is 0 Å². The van der Waals surface area contributed by atoms with Gasteiger partial charge < -0.3 is 10.1 Å². The van der Waals surface area contributed by atoms with Gasteiger partial charge in [0.15, 0.2) is 0 Å². The van der Waals surface area contributed by atoms with Gasteiger partial charge in [0.25, 0.3) is 0 Å². The molecule has 0 saturated carbocycles. The molecule has 0 aliphatic carbocycles. The molecule has 1 atom stereocenters. The minimum Gasteiger partial charge on any atom is -0.496 e. The third kappa shape index (κ3) is 2.89. The summed E-state index contributed by atoms with van der Waals surface area (Å²) < 4.78 is 7.25. The highest BCUT2D eigenvalue weighted by atomic mass is 16.5. The molecule has 102 valence electrons. The number of anilines is 1.